The van der Waals surface area contributed by atoms with E-state index in [9.17, 15) is 0 Å². The molecule has 0 aliphatic rings. The fourth-order valence-electron chi connectivity index (χ4n) is 0. The van der Waals surface area contributed by atoms with Gasteiger partial charge in [-0.2, -0.15) is 0 Å². The van der Waals surface area contributed by atoms with Crippen molar-refractivity contribution in [3.63, 3.8) is 0 Å². The van der Waals surface area contributed by atoms with Gasteiger partial charge in [0.2, 0.25) is 6.16 Å². The molecular formula is C3H3K3O9. The SMILES string of the molecule is O=C(O)O.O=C([O-])O.O=C([O-])[O-].[K+].[K+].[K+]. The van der Waals surface area contributed by atoms with Gasteiger partial charge in [-0.3, -0.25) is 0 Å². The molecule has 15 heavy (non-hydrogen) atoms. The second-order valence-corrected chi connectivity index (χ2v) is 0.798. The Labute approximate surface area is 211 Å². The van der Waals surface area contributed by atoms with Crippen LogP contribution in [0.15, 0.2) is 0 Å². The van der Waals surface area contributed by atoms with Gasteiger partial charge in [0.1, 0.15) is 0 Å². The van der Waals surface area contributed by atoms with E-state index in [1.807, 2.05) is 0 Å². The van der Waals surface area contributed by atoms with Crippen LogP contribution in [-0.2, 0) is 0 Å². The molecule has 0 aliphatic heterocycles. The maximum Gasteiger partial charge on any atom is 1.00 e. The first kappa shape index (κ1) is 36.1. The second kappa shape index (κ2) is 30.1. The Balaban J connectivity index is -0.0000000184. The first-order valence-electron chi connectivity index (χ1n) is 1.90. The van der Waals surface area contributed by atoms with E-state index in [0.717, 1.165) is 0 Å². The molecule has 0 aliphatic carbocycles. The van der Waals surface area contributed by atoms with Gasteiger partial charge >= 0.3 is 160 Å². The fourth-order valence-corrected chi connectivity index (χ4v) is 0. The Bertz CT molecular complexity index is 118. The second-order valence-electron chi connectivity index (χ2n) is 0.798. The monoisotopic (exact) mass is 300 g/mol. The number of hydrogen-bond acceptors (Lipinski definition) is 6. The maximum absolute atomic E-state index is 8.56. The van der Waals surface area contributed by atoms with Crippen molar-refractivity contribution in [2.24, 2.45) is 0 Å². The zero-order valence-corrected chi connectivity index (χ0v) is 17.7. The Morgan fingerprint density at radius 1 is 0.733 bits per heavy atom. The third kappa shape index (κ3) is 490. The molecule has 0 aromatic heterocycles. The molecule has 0 radical (unpaired) electrons. The van der Waals surface area contributed by atoms with Crippen LogP contribution in [0.1, 0.15) is 0 Å². The number of carbonyl (C=O) groups is 3. The summed E-state index contributed by atoms with van der Waals surface area (Å²) in [4.78, 5) is 25.3. The van der Waals surface area contributed by atoms with Crippen molar-refractivity contribution < 1.29 is 199 Å². The number of rotatable bonds is 0. The summed E-state index contributed by atoms with van der Waals surface area (Å²) in [5.74, 6) is 0. The van der Waals surface area contributed by atoms with Gasteiger partial charge in [0.05, 0.1) is 0 Å². The molecule has 9 nitrogen and oxygen atoms in total. The van der Waals surface area contributed by atoms with Crippen molar-refractivity contribution in [1.82, 2.24) is 0 Å². The zero-order valence-electron chi connectivity index (χ0n) is 8.29. The van der Waals surface area contributed by atoms with Crippen LogP contribution in [0.25, 0.3) is 0 Å². The number of carbonyl (C=O) groups excluding carboxylic acids is 1. The van der Waals surface area contributed by atoms with E-state index < -0.39 is 18.5 Å². The Morgan fingerprint density at radius 3 is 0.733 bits per heavy atom. The maximum atomic E-state index is 8.56. The molecule has 3 N–H and O–H groups in total. The van der Waals surface area contributed by atoms with Crippen molar-refractivity contribution in [3.8, 4) is 0 Å². The molecule has 0 saturated carbocycles. The molecule has 0 bridgehead atoms. The van der Waals surface area contributed by atoms with Crippen molar-refractivity contribution in [2.45, 2.75) is 0 Å². The minimum atomic E-state index is -2.33. The van der Waals surface area contributed by atoms with Crippen molar-refractivity contribution >= 4 is 18.5 Å². The first-order valence-corrected chi connectivity index (χ1v) is 1.90. The summed E-state index contributed by atoms with van der Waals surface area (Å²) in [6.45, 7) is 0. The van der Waals surface area contributed by atoms with E-state index in [-0.39, 0.29) is 154 Å². The van der Waals surface area contributed by atoms with Crippen molar-refractivity contribution in [2.75, 3.05) is 0 Å². The number of hydrogen-bond donors (Lipinski definition) is 3. The topological polar surface area (TPSA) is 181 Å². The van der Waals surface area contributed by atoms with Crippen LogP contribution >= 0.6 is 0 Å². The van der Waals surface area contributed by atoms with E-state index >= 15 is 0 Å². The summed E-state index contributed by atoms with van der Waals surface area (Å²) < 4.78 is 0. The van der Waals surface area contributed by atoms with Gasteiger partial charge in [0.15, 0.2) is 0 Å². The Hall–Kier alpha value is 2.72. The molecule has 0 rings (SSSR count). The third-order valence-electron chi connectivity index (χ3n) is 0. The van der Waals surface area contributed by atoms with E-state index in [4.69, 9.17) is 45.0 Å². The zero-order chi connectivity index (χ0) is 10.7. The number of carboxylic acid groups (broad SMARTS) is 6. The van der Waals surface area contributed by atoms with Gasteiger partial charge in [0, 0.05) is 0 Å². The van der Waals surface area contributed by atoms with Crippen LogP contribution in [-0.4, -0.2) is 33.8 Å². The first-order chi connectivity index (χ1) is 5.20. The van der Waals surface area contributed by atoms with Crippen molar-refractivity contribution in [1.29, 1.82) is 0 Å². The fraction of sp³-hybridized carbons (Fsp3) is 0. The molecule has 0 unspecified atom stereocenters. The summed E-state index contributed by atoms with van der Waals surface area (Å²) in [6.07, 6.45) is -6.25. The van der Waals surface area contributed by atoms with E-state index in [1.54, 1.807) is 0 Å². The minimum absolute atomic E-state index is 0. The third-order valence-corrected chi connectivity index (χ3v) is 0. The normalized spacial score (nSPS) is 4.80. The molecule has 0 saturated heterocycles. The van der Waals surface area contributed by atoms with Crippen LogP contribution in [0, 0.1) is 0 Å². The molecule has 0 aromatic rings. The summed E-state index contributed by atoms with van der Waals surface area (Å²) in [7, 11) is 0. The molecular weight excluding hydrogens is 297 g/mol. The predicted molar refractivity (Wildman–Crippen MR) is 24.1 cm³/mol. The molecule has 0 fully saturated rings. The van der Waals surface area contributed by atoms with Gasteiger partial charge in [-0.25, -0.2) is 4.79 Å². The molecule has 72 valence electrons. The predicted octanol–water partition coefficient (Wildman–Crippen LogP) is -12.3. The van der Waals surface area contributed by atoms with E-state index in [2.05, 4.69) is 0 Å². The summed E-state index contributed by atoms with van der Waals surface area (Å²) in [5.41, 5.74) is 0. The average Bonchev–Trinajstić information content (AvgIpc) is 1.54. The largest absolute Gasteiger partial charge is 1.00 e. The summed E-state index contributed by atoms with van der Waals surface area (Å²) in [5, 5.41) is 45.9. The molecule has 0 amide bonds. The molecule has 12 heteroatoms. The summed E-state index contributed by atoms with van der Waals surface area (Å²) in [6, 6.07) is 0. The molecule has 0 spiro atoms. The van der Waals surface area contributed by atoms with Crippen molar-refractivity contribution in [3.05, 3.63) is 0 Å². The minimum Gasteiger partial charge on any atom is -0.652 e. The van der Waals surface area contributed by atoms with Crippen LogP contribution in [0.3, 0.4) is 0 Å². The van der Waals surface area contributed by atoms with Gasteiger partial charge < -0.3 is 40.2 Å². The summed E-state index contributed by atoms with van der Waals surface area (Å²) >= 11 is 0. The van der Waals surface area contributed by atoms with E-state index in [1.165, 1.54) is 0 Å². The van der Waals surface area contributed by atoms with Crippen LogP contribution in [0.5, 0.6) is 0 Å². The van der Waals surface area contributed by atoms with Gasteiger partial charge in [-0.05, 0) is 6.16 Å². The Kier molecular flexibility index (Phi) is 72.3. The molecule has 0 atom stereocenters. The smallest absolute Gasteiger partial charge is 0.652 e. The quantitative estimate of drug-likeness (QED) is 0.366. The van der Waals surface area contributed by atoms with Crippen LogP contribution in [0.2, 0.25) is 0 Å². The van der Waals surface area contributed by atoms with Gasteiger partial charge in [-0.15, -0.1) is 0 Å². The van der Waals surface area contributed by atoms with Crippen LogP contribution in [0.4, 0.5) is 14.4 Å². The standard InChI is InChI=1S/3CH2O3.3K/c3*2-1(3)4;;;/h3*(H2,2,3,4);;;/q;;;3*+1/p-3. The van der Waals surface area contributed by atoms with Gasteiger partial charge in [-0.1, -0.05) is 0 Å². The van der Waals surface area contributed by atoms with E-state index in [0.29, 0.717) is 0 Å². The van der Waals surface area contributed by atoms with Crippen LogP contribution < -0.4 is 169 Å². The average molecular weight is 300 g/mol. The van der Waals surface area contributed by atoms with Gasteiger partial charge in [0.25, 0.3) is 0 Å². The molecule has 0 aromatic carbocycles. The molecule has 0 heterocycles. The Morgan fingerprint density at radius 2 is 0.733 bits per heavy atom.